The number of rotatable bonds is 3. The Morgan fingerprint density at radius 3 is 2.62 bits per heavy atom. The second kappa shape index (κ2) is 7.48. The van der Waals surface area contributed by atoms with E-state index in [0.29, 0.717) is 15.7 Å². The van der Waals surface area contributed by atoms with Gasteiger partial charge in [0.15, 0.2) is 5.11 Å². The number of benzene rings is 2. The topological polar surface area (TPSA) is 53.2 Å². The number of thiocarbonyl (C=S) groups is 1. The molecule has 3 rings (SSSR count). The largest absolute Gasteiger partial charge is 0.351 e. The third-order valence-corrected chi connectivity index (χ3v) is 5.00. The van der Waals surface area contributed by atoms with Gasteiger partial charge in [-0.05, 0) is 67.9 Å². The van der Waals surface area contributed by atoms with Crippen molar-refractivity contribution < 1.29 is 4.79 Å². The Bertz CT molecular complexity index is 923. The van der Waals surface area contributed by atoms with E-state index in [1.165, 1.54) is 0 Å². The van der Waals surface area contributed by atoms with Crippen LogP contribution >= 0.6 is 23.8 Å². The van der Waals surface area contributed by atoms with Gasteiger partial charge >= 0.3 is 0 Å². The lowest BCUT2D eigenvalue weighted by molar-refractivity contribution is -0.113. The van der Waals surface area contributed by atoms with E-state index in [-0.39, 0.29) is 11.9 Å². The standard InChI is InChI=1S/C20H20ClN3OS/c1-11-6-4-9-16(12(11)2)23-19(25)17-13(3)22-20(26)24-18(17)14-7-5-8-15(21)10-14/h4-10,18H,1-3H3,(H,23,25)(H2,22,24,26)/t18-/m0/s1. The van der Waals surface area contributed by atoms with Crippen LogP contribution in [0.1, 0.15) is 29.7 Å². The van der Waals surface area contributed by atoms with Gasteiger partial charge in [-0.1, -0.05) is 35.9 Å². The van der Waals surface area contributed by atoms with Gasteiger partial charge in [0.1, 0.15) is 0 Å². The molecule has 4 nitrogen and oxygen atoms in total. The second-order valence-electron chi connectivity index (χ2n) is 6.33. The molecule has 1 aliphatic heterocycles. The van der Waals surface area contributed by atoms with E-state index in [1.54, 1.807) is 6.07 Å². The summed E-state index contributed by atoms with van der Waals surface area (Å²) in [6.07, 6.45) is 0. The summed E-state index contributed by atoms with van der Waals surface area (Å²) in [5.74, 6) is -0.177. The average Bonchev–Trinajstić information content (AvgIpc) is 2.58. The fourth-order valence-electron chi connectivity index (χ4n) is 3.01. The zero-order chi connectivity index (χ0) is 18.8. The molecule has 0 bridgehead atoms. The first-order valence-corrected chi connectivity index (χ1v) is 9.06. The Kier molecular flexibility index (Phi) is 5.30. The van der Waals surface area contributed by atoms with Crippen molar-refractivity contribution in [1.29, 1.82) is 0 Å². The van der Waals surface area contributed by atoms with E-state index in [0.717, 1.165) is 28.1 Å². The second-order valence-corrected chi connectivity index (χ2v) is 7.17. The van der Waals surface area contributed by atoms with Crippen LogP contribution in [-0.2, 0) is 4.79 Å². The van der Waals surface area contributed by atoms with Crippen LogP contribution in [0.5, 0.6) is 0 Å². The molecule has 1 amide bonds. The van der Waals surface area contributed by atoms with Crippen LogP contribution < -0.4 is 16.0 Å². The average molecular weight is 386 g/mol. The maximum Gasteiger partial charge on any atom is 0.255 e. The van der Waals surface area contributed by atoms with E-state index in [2.05, 4.69) is 16.0 Å². The van der Waals surface area contributed by atoms with Gasteiger partial charge < -0.3 is 16.0 Å². The van der Waals surface area contributed by atoms with Crippen molar-refractivity contribution in [3.63, 3.8) is 0 Å². The molecule has 1 heterocycles. The summed E-state index contributed by atoms with van der Waals surface area (Å²) in [7, 11) is 0. The first-order valence-electron chi connectivity index (χ1n) is 8.28. The molecule has 0 spiro atoms. The van der Waals surface area contributed by atoms with Gasteiger partial charge in [0.25, 0.3) is 5.91 Å². The highest BCUT2D eigenvalue weighted by atomic mass is 35.5. The summed E-state index contributed by atoms with van der Waals surface area (Å²) in [6, 6.07) is 12.9. The first-order chi connectivity index (χ1) is 12.4. The smallest absolute Gasteiger partial charge is 0.255 e. The van der Waals surface area contributed by atoms with Crippen molar-refractivity contribution in [3.05, 3.63) is 75.4 Å². The van der Waals surface area contributed by atoms with Gasteiger partial charge in [-0.3, -0.25) is 4.79 Å². The molecule has 2 aromatic carbocycles. The van der Waals surface area contributed by atoms with Crippen LogP contribution in [0.2, 0.25) is 5.02 Å². The van der Waals surface area contributed by atoms with E-state index >= 15 is 0 Å². The quantitative estimate of drug-likeness (QED) is 0.686. The van der Waals surface area contributed by atoms with Crippen LogP contribution in [0.15, 0.2) is 53.7 Å². The SMILES string of the molecule is CC1=C(C(=O)Nc2cccc(C)c2C)[C@H](c2cccc(Cl)c2)NC(=S)N1. The predicted molar refractivity (Wildman–Crippen MR) is 110 cm³/mol. The zero-order valence-electron chi connectivity index (χ0n) is 14.8. The Morgan fingerprint density at radius 1 is 1.15 bits per heavy atom. The molecule has 0 radical (unpaired) electrons. The van der Waals surface area contributed by atoms with E-state index in [1.807, 2.05) is 57.2 Å². The molecular formula is C20H20ClN3OS. The van der Waals surface area contributed by atoms with Crippen molar-refractivity contribution in [2.45, 2.75) is 26.8 Å². The van der Waals surface area contributed by atoms with Gasteiger partial charge in [0.05, 0.1) is 11.6 Å². The number of hydrogen-bond acceptors (Lipinski definition) is 2. The highest BCUT2D eigenvalue weighted by Crippen LogP contribution is 2.30. The third kappa shape index (κ3) is 3.74. The molecular weight excluding hydrogens is 366 g/mol. The third-order valence-electron chi connectivity index (χ3n) is 4.55. The molecule has 6 heteroatoms. The van der Waals surface area contributed by atoms with Crippen LogP contribution in [0.4, 0.5) is 5.69 Å². The summed E-state index contributed by atoms with van der Waals surface area (Å²) < 4.78 is 0. The number of hydrogen-bond donors (Lipinski definition) is 3. The molecule has 0 saturated heterocycles. The molecule has 0 aliphatic carbocycles. The minimum absolute atomic E-state index is 0.177. The number of allylic oxidation sites excluding steroid dienone is 1. The van der Waals surface area contributed by atoms with Crippen molar-refractivity contribution in [2.75, 3.05) is 5.32 Å². The molecule has 1 aliphatic rings. The summed E-state index contributed by atoms with van der Waals surface area (Å²) >= 11 is 11.4. The Balaban J connectivity index is 1.98. The number of amides is 1. The number of carbonyl (C=O) groups excluding carboxylic acids is 1. The van der Waals surface area contributed by atoms with E-state index < -0.39 is 0 Å². The fraction of sp³-hybridized carbons (Fsp3) is 0.200. The molecule has 2 aromatic rings. The minimum atomic E-state index is -0.368. The van der Waals surface area contributed by atoms with Crippen LogP contribution in [0, 0.1) is 13.8 Å². The highest BCUT2D eigenvalue weighted by molar-refractivity contribution is 7.80. The Hall–Kier alpha value is -2.37. The summed E-state index contributed by atoms with van der Waals surface area (Å²) in [4.78, 5) is 13.1. The summed E-state index contributed by atoms with van der Waals surface area (Å²) in [6.45, 7) is 5.86. The number of anilines is 1. The lowest BCUT2D eigenvalue weighted by atomic mass is 9.94. The van der Waals surface area contributed by atoms with Crippen LogP contribution in [-0.4, -0.2) is 11.0 Å². The summed E-state index contributed by atoms with van der Waals surface area (Å²) in [5.41, 5.74) is 5.16. The van der Waals surface area contributed by atoms with Gasteiger partial charge in [-0.2, -0.15) is 0 Å². The number of halogens is 1. The molecule has 3 N–H and O–H groups in total. The molecule has 0 saturated carbocycles. The number of nitrogens with one attached hydrogen (secondary N) is 3. The van der Waals surface area contributed by atoms with Crippen LogP contribution in [0.3, 0.4) is 0 Å². The van der Waals surface area contributed by atoms with Crippen molar-refractivity contribution in [1.82, 2.24) is 10.6 Å². The molecule has 0 aromatic heterocycles. The monoisotopic (exact) mass is 385 g/mol. The van der Waals surface area contributed by atoms with E-state index in [4.69, 9.17) is 23.8 Å². The summed E-state index contributed by atoms with van der Waals surface area (Å²) in [5, 5.41) is 10.3. The minimum Gasteiger partial charge on any atom is -0.351 e. The Morgan fingerprint density at radius 2 is 1.88 bits per heavy atom. The normalized spacial score (nSPS) is 16.8. The predicted octanol–water partition coefficient (Wildman–Crippen LogP) is 4.39. The van der Waals surface area contributed by atoms with Crippen molar-refractivity contribution in [2.24, 2.45) is 0 Å². The fourth-order valence-corrected chi connectivity index (χ4v) is 3.48. The molecule has 0 fully saturated rings. The number of carbonyl (C=O) groups is 1. The lowest BCUT2D eigenvalue weighted by Crippen LogP contribution is -2.45. The first kappa shape index (κ1) is 18.4. The molecule has 1 atom stereocenters. The van der Waals surface area contributed by atoms with Crippen LogP contribution in [0.25, 0.3) is 0 Å². The van der Waals surface area contributed by atoms with E-state index in [9.17, 15) is 4.79 Å². The lowest BCUT2D eigenvalue weighted by Gasteiger charge is -2.30. The molecule has 26 heavy (non-hydrogen) atoms. The molecule has 134 valence electrons. The van der Waals surface area contributed by atoms with Crippen molar-refractivity contribution in [3.8, 4) is 0 Å². The van der Waals surface area contributed by atoms with Crippen molar-refractivity contribution >= 4 is 40.5 Å². The maximum atomic E-state index is 13.1. The van der Waals surface area contributed by atoms with Gasteiger partial charge in [-0.25, -0.2) is 0 Å². The number of aryl methyl sites for hydroxylation is 1. The Labute approximate surface area is 163 Å². The zero-order valence-corrected chi connectivity index (χ0v) is 16.4. The highest BCUT2D eigenvalue weighted by Gasteiger charge is 2.30. The van der Waals surface area contributed by atoms with Gasteiger partial charge in [-0.15, -0.1) is 0 Å². The van der Waals surface area contributed by atoms with Gasteiger partial charge in [0.2, 0.25) is 0 Å². The molecule has 0 unspecified atom stereocenters. The maximum absolute atomic E-state index is 13.1. The van der Waals surface area contributed by atoms with Gasteiger partial charge in [0, 0.05) is 16.4 Å².